The molecule has 1 heterocycles. The molecule has 0 radical (unpaired) electrons. The Labute approximate surface area is 76.3 Å². The molecule has 0 aromatic carbocycles. The molecule has 0 saturated carbocycles. The molecule has 1 rings (SSSR count). The molecule has 2 unspecified atom stereocenters. The van der Waals surface area contributed by atoms with E-state index in [1.54, 1.807) is 6.92 Å². The van der Waals surface area contributed by atoms with Gasteiger partial charge in [0.1, 0.15) is 17.7 Å². The maximum atomic E-state index is 8.80. The molecule has 0 aliphatic carbocycles. The Bertz CT molecular complexity index is 391. The first-order valence-corrected chi connectivity index (χ1v) is 3.70. The van der Waals surface area contributed by atoms with Crippen LogP contribution in [0.4, 0.5) is 0 Å². The highest BCUT2D eigenvalue weighted by atomic mass is 16.5. The summed E-state index contributed by atoms with van der Waals surface area (Å²) in [5.74, 6) is -0.402. The Kier molecular flexibility index (Phi) is 1.97. The fourth-order valence-corrected chi connectivity index (χ4v) is 1.33. The van der Waals surface area contributed by atoms with Crippen molar-refractivity contribution in [2.75, 3.05) is 0 Å². The van der Waals surface area contributed by atoms with Crippen LogP contribution in [0, 0.1) is 39.9 Å². The van der Waals surface area contributed by atoms with Gasteiger partial charge in [0.25, 0.3) is 0 Å². The highest BCUT2D eigenvalue weighted by Crippen LogP contribution is 2.37. The molecule has 0 N–H and O–H groups in total. The first-order valence-electron chi connectivity index (χ1n) is 3.70. The maximum Gasteiger partial charge on any atom is 0.211 e. The van der Waals surface area contributed by atoms with Gasteiger partial charge >= 0.3 is 0 Å². The number of hydrogen-bond acceptors (Lipinski definition) is 4. The van der Waals surface area contributed by atoms with Crippen molar-refractivity contribution < 1.29 is 4.74 Å². The van der Waals surface area contributed by atoms with Crippen LogP contribution >= 0.6 is 0 Å². The Hall–Kier alpha value is -1.99. The molecule has 0 aromatic rings. The molecule has 64 valence electrons. The zero-order valence-electron chi connectivity index (χ0n) is 7.33. The molecule has 0 bridgehead atoms. The third-order valence-corrected chi connectivity index (χ3v) is 2.06. The summed E-state index contributed by atoms with van der Waals surface area (Å²) >= 11 is 0. The van der Waals surface area contributed by atoms with Gasteiger partial charge < -0.3 is 4.74 Å². The van der Waals surface area contributed by atoms with Crippen LogP contribution in [0.1, 0.15) is 13.8 Å². The molecule has 1 aliphatic rings. The second-order valence-electron chi connectivity index (χ2n) is 2.96. The van der Waals surface area contributed by atoms with E-state index in [-0.39, 0.29) is 5.57 Å². The van der Waals surface area contributed by atoms with Gasteiger partial charge in [0.2, 0.25) is 5.60 Å². The van der Waals surface area contributed by atoms with Crippen LogP contribution in [0.25, 0.3) is 0 Å². The van der Waals surface area contributed by atoms with Crippen LogP contribution in [0.5, 0.6) is 0 Å². The van der Waals surface area contributed by atoms with E-state index in [4.69, 9.17) is 20.5 Å². The summed E-state index contributed by atoms with van der Waals surface area (Å²) in [4.78, 5) is 0. The summed E-state index contributed by atoms with van der Waals surface area (Å²) in [7, 11) is 0. The molecule has 0 saturated heterocycles. The van der Waals surface area contributed by atoms with Crippen LogP contribution in [0.3, 0.4) is 0 Å². The van der Waals surface area contributed by atoms with E-state index >= 15 is 0 Å². The van der Waals surface area contributed by atoms with Crippen molar-refractivity contribution in [3.05, 3.63) is 11.3 Å². The molecule has 0 amide bonds. The maximum absolute atomic E-state index is 8.80. The Balaban J connectivity index is 3.20. The van der Waals surface area contributed by atoms with Crippen molar-refractivity contribution in [2.45, 2.75) is 19.4 Å². The van der Waals surface area contributed by atoms with Crippen molar-refractivity contribution in [3.8, 4) is 18.2 Å². The smallest absolute Gasteiger partial charge is 0.211 e. The van der Waals surface area contributed by atoms with E-state index in [0.717, 1.165) is 0 Å². The monoisotopic (exact) mass is 173 g/mol. The van der Waals surface area contributed by atoms with Crippen molar-refractivity contribution in [1.29, 1.82) is 15.8 Å². The molecule has 0 fully saturated rings. The van der Waals surface area contributed by atoms with Crippen LogP contribution < -0.4 is 0 Å². The van der Waals surface area contributed by atoms with Crippen LogP contribution in [0.2, 0.25) is 0 Å². The van der Waals surface area contributed by atoms with E-state index in [2.05, 4.69) is 0 Å². The third kappa shape index (κ3) is 1.11. The molecule has 1 aliphatic heterocycles. The minimum atomic E-state index is -1.20. The highest BCUT2D eigenvalue weighted by molar-refractivity contribution is 5.40. The fraction of sp³-hybridized carbons (Fsp3) is 0.444. The zero-order chi connectivity index (χ0) is 10.1. The van der Waals surface area contributed by atoms with Gasteiger partial charge in [-0.25, -0.2) is 0 Å². The third-order valence-electron chi connectivity index (χ3n) is 2.06. The zero-order valence-corrected chi connectivity index (χ0v) is 7.33. The summed E-state index contributed by atoms with van der Waals surface area (Å²) in [5, 5.41) is 26.3. The van der Waals surface area contributed by atoms with Gasteiger partial charge in [-0.15, -0.1) is 0 Å². The second-order valence-corrected chi connectivity index (χ2v) is 2.96. The molecule has 4 nitrogen and oxygen atoms in total. The number of nitrogens with zero attached hydrogens (tertiary/aromatic N) is 3. The fourth-order valence-electron chi connectivity index (χ4n) is 1.33. The van der Waals surface area contributed by atoms with Gasteiger partial charge in [-0.1, -0.05) is 0 Å². The summed E-state index contributed by atoms with van der Waals surface area (Å²) in [6.07, 6.45) is 0. The van der Waals surface area contributed by atoms with Crippen molar-refractivity contribution >= 4 is 0 Å². The van der Waals surface area contributed by atoms with E-state index in [1.807, 2.05) is 18.2 Å². The standard InChI is InChI=1S/C9H7N3O/c1-6-7(3-10)8(4-11)9(2,5-12)13-6/h8H,1-2H3. The van der Waals surface area contributed by atoms with E-state index in [9.17, 15) is 0 Å². The number of ether oxygens (including phenoxy) is 1. The van der Waals surface area contributed by atoms with E-state index in [0.29, 0.717) is 5.76 Å². The lowest BCUT2D eigenvalue weighted by atomic mass is 9.88. The molecule has 4 heteroatoms. The van der Waals surface area contributed by atoms with Gasteiger partial charge in [0, 0.05) is 0 Å². The average molecular weight is 173 g/mol. The number of rotatable bonds is 0. The SMILES string of the molecule is CC1=C(C#N)C(C#N)C(C)(C#N)O1. The minimum absolute atomic E-state index is 0.256. The van der Waals surface area contributed by atoms with Crippen molar-refractivity contribution in [2.24, 2.45) is 5.92 Å². The Morgan fingerprint density at radius 2 is 2.00 bits per heavy atom. The van der Waals surface area contributed by atoms with Crippen molar-refractivity contribution in [1.82, 2.24) is 0 Å². The lowest BCUT2D eigenvalue weighted by Crippen LogP contribution is -2.30. The number of hydrogen-bond donors (Lipinski definition) is 0. The van der Waals surface area contributed by atoms with E-state index in [1.165, 1.54) is 6.92 Å². The molecule has 0 spiro atoms. The molecule has 13 heavy (non-hydrogen) atoms. The minimum Gasteiger partial charge on any atom is -0.474 e. The van der Waals surface area contributed by atoms with E-state index < -0.39 is 11.5 Å². The molecule has 2 atom stereocenters. The topological polar surface area (TPSA) is 80.6 Å². The molecule has 0 aromatic heterocycles. The van der Waals surface area contributed by atoms with Gasteiger partial charge in [-0.3, -0.25) is 0 Å². The largest absolute Gasteiger partial charge is 0.474 e. The highest BCUT2D eigenvalue weighted by Gasteiger charge is 2.46. The molecular formula is C9H7N3O. The Morgan fingerprint density at radius 3 is 2.38 bits per heavy atom. The Morgan fingerprint density at radius 1 is 1.38 bits per heavy atom. The van der Waals surface area contributed by atoms with Crippen LogP contribution in [-0.2, 0) is 4.74 Å². The van der Waals surface area contributed by atoms with Gasteiger partial charge in [-0.2, -0.15) is 15.8 Å². The first-order chi connectivity index (χ1) is 6.09. The first kappa shape index (κ1) is 9.10. The predicted octanol–water partition coefficient (Wildman–Crippen LogP) is 1.24. The average Bonchev–Trinajstić information content (AvgIpc) is 2.37. The normalized spacial score (nSPS) is 31.5. The summed E-state index contributed by atoms with van der Waals surface area (Å²) in [6, 6.07) is 5.69. The van der Waals surface area contributed by atoms with Gasteiger partial charge in [-0.05, 0) is 13.8 Å². The van der Waals surface area contributed by atoms with Crippen molar-refractivity contribution in [3.63, 3.8) is 0 Å². The summed E-state index contributed by atoms with van der Waals surface area (Å²) in [5.41, 5.74) is -0.948. The molecular weight excluding hydrogens is 166 g/mol. The number of allylic oxidation sites excluding steroid dienone is 1. The van der Waals surface area contributed by atoms with Gasteiger partial charge in [0.05, 0.1) is 17.7 Å². The lowest BCUT2D eigenvalue weighted by Gasteiger charge is -2.18. The van der Waals surface area contributed by atoms with Gasteiger partial charge in [0.15, 0.2) is 0 Å². The quantitative estimate of drug-likeness (QED) is 0.551. The predicted molar refractivity (Wildman–Crippen MR) is 42.5 cm³/mol. The van der Waals surface area contributed by atoms with Crippen LogP contribution in [-0.4, -0.2) is 5.60 Å². The summed E-state index contributed by atoms with van der Waals surface area (Å²) in [6.45, 7) is 3.10. The lowest BCUT2D eigenvalue weighted by molar-refractivity contribution is 0.0780. The second kappa shape index (κ2) is 2.81. The van der Waals surface area contributed by atoms with Crippen LogP contribution in [0.15, 0.2) is 11.3 Å². The number of nitriles is 3. The summed E-state index contributed by atoms with van der Waals surface area (Å²) < 4.78 is 5.18.